The van der Waals surface area contributed by atoms with Crippen molar-refractivity contribution in [3.8, 4) is 0 Å². The Hall–Kier alpha value is -3.09. The first-order chi connectivity index (χ1) is 11.0. The lowest BCUT2D eigenvalue weighted by atomic mass is 10.1. The summed E-state index contributed by atoms with van der Waals surface area (Å²) in [5.41, 5.74) is 0.944. The Kier molecular flexibility index (Phi) is 5.14. The summed E-state index contributed by atoms with van der Waals surface area (Å²) in [5.74, 6) is -0.327. The zero-order valence-electron chi connectivity index (χ0n) is 12.9. The van der Waals surface area contributed by atoms with Crippen molar-refractivity contribution >= 4 is 17.6 Å². The highest BCUT2D eigenvalue weighted by Gasteiger charge is 2.21. The van der Waals surface area contributed by atoms with Crippen LogP contribution in [0.3, 0.4) is 0 Å². The molecule has 1 aromatic carbocycles. The average molecular weight is 314 g/mol. The molecular weight excluding hydrogens is 296 g/mol. The van der Waals surface area contributed by atoms with Crippen LogP contribution < -0.4 is 21.5 Å². The van der Waals surface area contributed by atoms with Crippen LogP contribution in [0.25, 0.3) is 0 Å². The van der Waals surface area contributed by atoms with Gasteiger partial charge in [0.25, 0.3) is 0 Å². The standard InChI is InChI=1S/C16H18N4O3/c1-17-15(22)14(11-6-4-3-5-7-11)19-16(23)18-12-8-9-13(21)20(2)10-12/h3-10,14H,1-2H3,(H,17,22)(H2,18,19,23). The Balaban J connectivity index is 2.13. The van der Waals surface area contributed by atoms with Crippen molar-refractivity contribution in [2.75, 3.05) is 12.4 Å². The Morgan fingerprint density at radius 2 is 1.78 bits per heavy atom. The van der Waals surface area contributed by atoms with E-state index in [9.17, 15) is 14.4 Å². The van der Waals surface area contributed by atoms with Crippen molar-refractivity contribution in [1.29, 1.82) is 0 Å². The van der Waals surface area contributed by atoms with E-state index in [0.717, 1.165) is 0 Å². The van der Waals surface area contributed by atoms with E-state index in [1.165, 1.54) is 29.9 Å². The number of pyridine rings is 1. The van der Waals surface area contributed by atoms with Crippen molar-refractivity contribution in [1.82, 2.24) is 15.2 Å². The molecule has 0 saturated heterocycles. The van der Waals surface area contributed by atoms with Gasteiger partial charge in [0.15, 0.2) is 0 Å². The lowest BCUT2D eigenvalue weighted by molar-refractivity contribution is -0.122. The second kappa shape index (κ2) is 7.26. The van der Waals surface area contributed by atoms with E-state index in [4.69, 9.17) is 0 Å². The number of anilines is 1. The van der Waals surface area contributed by atoms with Gasteiger partial charge in [-0.1, -0.05) is 30.3 Å². The molecule has 0 fully saturated rings. The van der Waals surface area contributed by atoms with Gasteiger partial charge in [-0.25, -0.2) is 4.79 Å². The molecule has 7 heteroatoms. The van der Waals surface area contributed by atoms with E-state index in [1.807, 2.05) is 6.07 Å². The molecule has 1 aromatic heterocycles. The molecule has 0 aliphatic rings. The smallest absolute Gasteiger partial charge is 0.320 e. The molecule has 0 spiro atoms. The Morgan fingerprint density at radius 1 is 1.09 bits per heavy atom. The van der Waals surface area contributed by atoms with Crippen LogP contribution in [0, 0.1) is 0 Å². The van der Waals surface area contributed by atoms with Gasteiger partial charge < -0.3 is 20.5 Å². The molecule has 2 rings (SSSR count). The first kappa shape index (κ1) is 16.3. The summed E-state index contributed by atoms with van der Waals surface area (Å²) >= 11 is 0. The number of amides is 3. The van der Waals surface area contributed by atoms with Crippen LogP contribution in [0.5, 0.6) is 0 Å². The first-order valence-corrected chi connectivity index (χ1v) is 7.02. The van der Waals surface area contributed by atoms with Crippen LogP contribution >= 0.6 is 0 Å². The number of rotatable bonds is 4. The van der Waals surface area contributed by atoms with E-state index in [0.29, 0.717) is 11.3 Å². The fraction of sp³-hybridized carbons (Fsp3) is 0.188. The summed E-state index contributed by atoms with van der Waals surface area (Å²) in [6.45, 7) is 0. The Labute approximate surface area is 133 Å². The fourth-order valence-corrected chi connectivity index (χ4v) is 2.06. The van der Waals surface area contributed by atoms with Crippen LogP contribution in [-0.4, -0.2) is 23.6 Å². The van der Waals surface area contributed by atoms with Crippen LogP contribution in [0.1, 0.15) is 11.6 Å². The molecule has 23 heavy (non-hydrogen) atoms. The molecule has 3 N–H and O–H groups in total. The molecule has 1 heterocycles. The van der Waals surface area contributed by atoms with Crippen molar-refractivity contribution in [3.63, 3.8) is 0 Å². The minimum atomic E-state index is -0.811. The van der Waals surface area contributed by atoms with E-state index >= 15 is 0 Å². The molecule has 1 atom stereocenters. The second-order valence-electron chi connectivity index (χ2n) is 4.92. The first-order valence-electron chi connectivity index (χ1n) is 7.02. The SMILES string of the molecule is CNC(=O)C(NC(=O)Nc1ccc(=O)n(C)c1)c1ccccc1. The highest BCUT2D eigenvalue weighted by Crippen LogP contribution is 2.13. The maximum Gasteiger partial charge on any atom is 0.320 e. The Morgan fingerprint density at radius 3 is 2.39 bits per heavy atom. The van der Waals surface area contributed by atoms with Gasteiger partial charge in [0.1, 0.15) is 6.04 Å². The van der Waals surface area contributed by atoms with Gasteiger partial charge in [0.2, 0.25) is 11.5 Å². The molecule has 2 aromatic rings. The number of carbonyl (C=O) groups excluding carboxylic acids is 2. The zero-order valence-corrected chi connectivity index (χ0v) is 12.9. The van der Waals surface area contributed by atoms with Gasteiger partial charge in [-0.3, -0.25) is 9.59 Å². The fourth-order valence-electron chi connectivity index (χ4n) is 2.06. The third-order valence-corrected chi connectivity index (χ3v) is 3.26. The number of carbonyl (C=O) groups is 2. The van der Waals surface area contributed by atoms with Gasteiger partial charge in [-0.15, -0.1) is 0 Å². The van der Waals surface area contributed by atoms with Crippen LogP contribution in [0.2, 0.25) is 0 Å². The van der Waals surface area contributed by atoms with E-state index < -0.39 is 12.1 Å². The number of hydrogen-bond acceptors (Lipinski definition) is 3. The average Bonchev–Trinajstić information content (AvgIpc) is 2.56. The van der Waals surface area contributed by atoms with E-state index in [2.05, 4.69) is 16.0 Å². The molecule has 7 nitrogen and oxygen atoms in total. The number of hydrogen-bond donors (Lipinski definition) is 3. The van der Waals surface area contributed by atoms with Crippen molar-refractivity contribution in [3.05, 3.63) is 64.6 Å². The van der Waals surface area contributed by atoms with Gasteiger partial charge in [-0.05, 0) is 11.6 Å². The normalized spacial score (nSPS) is 11.4. The molecule has 120 valence electrons. The summed E-state index contributed by atoms with van der Waals surface area (Å²) in [4.78, 5) is 35.5. The third kappa shape index (κ3) is 4.19. The minimum Gasteiger partial charge on any atom is -0.357 e. The van der Waals surface area contributed by atoms with Crippen LogP contribution in [0.4, 0.5) is 10.5 Å². The lowest BCUT2D eigenvalue weighted by Gasteiger charge is -2.18. The van der Waals surface area contributed by atoms with Gasteiger partial charge >= 0.3 is 6.03 Å². The number of aromatic nitrogens is 1. The summed E-state index contributed by atoms with van der Waals surface area (Å²) in [6.07, 6.45) is 1.50. The molecule has 0 aliphatic heterocycles. The van der Waals surface area contributed by atoms with E-state index in [-0.39, 0.29) is 11.5 Å². The quantitative estimate of drug-likeness (QED) is 0.786. The molecular formula is C16H18N4O3. The maximum absolute atomic E-state index is 12.1. The molecule has 0 bridgehead atoms. The predicted molar refractivity (Wildman–Crippen MR) is 87.1 cm³/mol. The predicted octanol–water partition coefficient (Wildman–Crippen LogP) is 0.994. The Bertz CT molecular complexity index is 755. The third-order valence-electron chi connectivity index (χ3n) is 3.26. The number of nitrogens with zero attached hydrogens (tertiary/aromatic N) is 1. The zero-order chi connectivity index (χ0) is 16.8. The minimum absolute atomic E-state index is 0.177. The van der Waals surface area contributed by atoms with Gasteiger partial charge in [-0.2, -0.15) is 0 Å². The number of urea groups is 1. The summed E-state index contributed by atoms with van der Waals surface area (Å²) in [6, 6.07) is 10.4. The maximum atomic E-state index is 12.1. The van der Waals surface area contributed by atoms with Crippen molar-refractivity contribution < 1.29 is 9.59 Å². The summed E-state index contributed by atoms with van der Waals surface area (Å²) < 4.78 is 1.35. The topological polar surface area (TPSA) is 92.2 Å². The number of likely N-dealkylation sites (N-methyl/N-ethyl adjacent to an activating group) is 1. The molecule has 0 saturated carbocycles. The largest absolute Gasteiger partial charge is 0.357 e. The number of aryl methyl sites for hydroxylation is 1. The number of benzene rings is 1. The van der Waals surface area contributed by atoms with Crippen LogP contribution in [-0.2, 0) is 11.8 Å². The molecule has 0 aliphatic carbocycles. The molecule has 3 amide bonds. The highest BCUT2D eigenvalue weighted by atomic mass is 16.2. The number of nitrogens with one attached hydrogen (secondary N) is 3. The summed E-state index contributed by atoms with van der Waals surface area (Å²) in [5, 5.41) is 7.74. The van der Waals surface area contributed by atoms with Gasteiger partial charge in [0.05, 0.1) is 5.69 Å². The monoisotopic (exact) mass is 314 g/mol. The van der Waals surface area contributed by atoms with Crippen LogP contribution in [0.15, 0.2) is 53.5 Å². The van der Waals surface area contributed by atoms with E-state index in [1.54, 1.807) is 31.3 Å². The highest BCUT2D eigenvalue weighted by molar-refractivity contribution is 5.94. The second-order valence-corrected chi connectivity index (χ2v) is 4.92. The molecule has 1 unspecified atom stereocenters. The van der Waals surface area contributed by atoms with Gasteiger partial charge in [0, 0.05) is 26.4 Å². The summed E-state index contributed by atoms with van der Waals surface area (Å²) in [7, 11) is 3.09. The van der Waals surface area contributed by atoms with Crippen molar-refractivity contribution in [2.45, 2.75) is 6.04 Å². The lowest BCUT2D eigenvalue weighted by Crippen LogP contribution is -2.41. The van der Waals surface area contributed by atoms with Crippen molar-refractivity contribution in [2.24, 2.45) is 7.05 Å². The molecule has 0 radical (unpaired) electrons.